The van der Waals surface area contributed by atoms with Crippen LogP contribution in [0.1, 0.15) is 25.6 Å². The largest absolute Gasteiger partial charge is 0.435 e. The normalized spacial score (nSPS) is 12.7. The predicted molar refractivity (Wildman–Crippen MR) is 76.3 cm³/mol. The third-order valence-electron chi connectivity index (χ3n) is 2.80. The lowest BCUT2D eigenvalue weighted by Crippen LogP contribution is -2.17. The number of nitrogens with one attached hydrogen (secondary N) is 1. The Balaban J connectivity index is 2.11. The van der Waals surface area contributed by atoms with E-state index in [0.717, 1.165) is 22.8 Å². The van der Waals surface area contributed by atoms with Gasteiger partial charge in [0.1, 0.15) is 10.8 Å². The van der Waals surface area contributed by atoms with Gasteiger partial charge in [-0.05, 0) is 37.7 Å². The molecule has 1 aromatic carbocycles. The first-order valence-electron chi connectivity index (χ1n) is 6.34. The van der Waals surface area contributed by atoms with E-state index in [1.165, 1.54) is 23.5 Å². The van der Waals surface area contributed by atoms with Gasteiger partial charge in [-0.15, -0.1) is 11.3 Å². The Labute approximate surface area is 120 Å². The van der Waals surface area contributed by atoms with Gasteiger partial charge in [-0.1, -0.05) is 6.92 Å². The number of alkyl halides is 2. The lowest BCUT2D eigenvalue weighted by atomic mass is 10.2. The van der Waals surface area contributed by atoms with E-state index in [0.29, 0.717) is 0 Å². The van der Waals surface area contributed by atoms with Crippen molar-refractivity contribution in [1.29, 1.82) is 0 Å². The van der Waals surface area contributed by atoms with Gasteiger partial charge in [-0.2, -0.15) is 8.78 Å². The summed E-state index contributed by atoms with van der Waals surface area (Å²) in [6.45, 7) is 2.19. The second-order valence-corrected chi connectivity index (χ2v) is 5.12. The molecule has 0 fully saturated rings. The predicted octanol–water partition coefficient (Wildman–Crippen LogP) is 4.08. The summed E-state index contributed by atoms with van der Waals surface area (Å²) >= 11 is 1.54. The Morgan fingerprint density at radius 2 is 2.00 bits per heavy atom. The fourth-order valence-electron chi connectivity index (χ4n) is 1.81. The summed E-state index contributed by atoms with van der Waals surface area (Å²) in [5.74, 6) is 0.154. The molecule has 6 heteroatoms. The van der Waals surface area contributed by atoms with Crippen LogP contribution in [0.15, 0.2) is 29.6 Å². The van der Waals surface area contributed by atoms with Crippen molar-refractivity contribution in [2.24, 2.45) is 0 Å². The fraction of sp³-hybridized carbons (Fsp3) is 0.357. The number of ether oxygens (including phenoxy) is 1. The number of thiazole rings is 1. The highest BCUT2D eigenvalue weighted by Gasteiger charge is 2.10. The molecule has 1 unspecified atom stereocenters. The monoisotopic (exact) mass is 298 g/mol. The van der Waals surface area contributed by atoms with Crippen LogP contribution < -0.4 is 10.1 Å². The first kappa shape index (κ1) is 14.9. The second-order valence-electron chi connectivity index (χ2n) is 4.26. The number of hydrogen-bond donors (Lipinski definition) is 1. The smallest absolute Gasteiger partial charge is 0.387 e. The van der Waals surface area contributed by atoms with E-state index < -0.39 is 6.61 Å². The van der Waals surface area contributed by atoms with Crippen LogP contribution in [0.4, 0.5) is 8.78 Å². The maximum Gasteiger partial charge on any atom is 0.387 e. The molecule has 0 amide bonds. The van der Waals surface area contributed by atoms with Gasteiger partial charge in [0, 0.05) is 17.0 Å². The molecular weight excluding hydrogens is 282 g/mol. The van der Waals surface area contributed by atoms with Gasteiger partial charge < -0.3 is 10.1 Å². The Morgan fingerprint density at radius 1 is 1.30 bits per heavy atom. The zero-order chi connectivity index (χ0) is 14.5. The maximum absolute atomic E-state index is 12.1. The van der Waals surface area contributed by atoms with Crippen molar-refractivity contribution in [1.82, 2.24) is 10.3 Å². The van der Waals surface area contributed by atoms with Crippen LogP contribution in [0.5, 0.6) is 5.75 Å². The molecular formula is C14H16F2N2OS. The molecule has 2 aromatic rings. The molecule has 0 radical (unpaired) electrons. The first-order valence-corrected chi connectivity index (χ1v) is 7.22. The SMILES string of the molecule is CCNC(C)c1csc(-c2ccc(OC(F)F)cc2)n1. The summed E-state index contributed by atoms with van der Waals surface area (Å²) in [5.41, 5.74) is 1.88. The second kappa shape index (κ2) is 6.76. The van der Waals surface area contributed by atoms with Crippen molar-refractivity contribution in [2.75, 3.05) is 6.54 Å². The number of benzene rings is 1. The summed E-state index contributed by atoms with van der Waals surface area (Å²) in [4.78, 5) is 4.56. The summed E-state index contributed by atoms with van der Waals surface area (Å²) in [7, 11) is 0. The van der Waals surface area contributed by atoms with Gasteiger partial charge in [0.05, 0.1) is 5.69 Å². The molecule has 3 nitrogen and oxygen atoms in total. The van der Waals surface area contributed by atoms with Crippen LogP contribution in [0.3, 0.4) is 0 Å². The van der Waals surface area contributed by atoms with E-state index in [2.05, 4.69) is 22.0 Å². The molecule has 0 saturated heterocycles. The Morgan fingerprint density at radius 3 is 2.60 bits per heavy atom. The Kier molecular flexibility index (Phi) is 5.03. The van der Waals surface area contributed by atoms with Gasteiger partial charge >= 0.3 is 6.61 Å². The van der Waals surface area contributed by atoms with E-state index in [-0.39, 0.29) is 11.8 Å². The molecule has 1 heterocycles. The van der Waals surface area contributed by atoms with Crippen molar-refractivity contribution in [2.45, 2.75) is 26.5 Å². The molecule has 0 aliphatic carbocycles. The number of hydrogen-bond acceptors (Lipinski definition) is 4. The van der Waals surface area contributed by atoms with Crippen molar-refractivity contribution >= 4 is 11.3 Å². The van der Waals surface area contributed by atoms with Crippen LogP contribution in [0.25, 0.3) is 10.6 Å². The molecule has 0 bridgehead atoms. The highest BCUT2D eigenvalue weighted by atomic mass is 32.1. The minimum atomic E-state index is -2.80. The van der Waals surface area contributed by atoms with Gasteiger partial charge in [0.15, 0.2) is 0 Å². The van der Waals surface area contributed by atoms with E-state index in [4.69, 9.17) is 0 Å². The third-order valence-corrected chi connectivity index (χ3v) is 3.71. The lowest BCUT2D eigenvalue weighted by molar-refractivity contribution is -0.0498. The van der Waals surface area contributed by atoms with Crippen LogP contribution in [-0.4, -0.2) is 18.1 Å². The van der Waals surface area contributed by atoms with Crippen molar-refractivity contribution in [3.8, 4) is 16.3 Å². The van der Waals surface area contributed by atoms with Crippen LogP contribution >= 0.6 is 11.3 Å². The molecule has 2 rings (SSSR count). The minimum Gasteiger partial charge on any atom is -0.435 e. The molecule has 20 heavy (non-hydrogen) atoms. The average Bonchev–Trinajstić information content (AvgIpc) is 2.89. The van der Waals surface area contributed by atoms with E-state index in [1.54, 1.807) is 12.1 Å². The lowest BCUT2D eigenvalue weighted by Gasteiger charge is -2.08. The van der Waals surface area contributed by atoms with Gasteiger partial charge in [0.25, 0.3) is 0 Å². The molecule has 1 atom stereocenters. The fourth-order valence-corrected chi connectivity index (χ4v) is 2.73. The molecule has 1 N–H and O–H groups in total. The average molecular weight is 298 g/mol. The van der Waals surface area contributed by atoms with Crippen LogP contribution in [-0.2, 0) is 0 Å². The third kappa shape index (κ3) is 3.74. The molecule has 0 aliphatic rings. The van der Waals surface area contributed by atoms with Gasteiger partial charge in [-0.25, -0.2) is 4.98 Å². The topological polar surface area (TPSA) is 34.1 Å². The van der Waals surface area contributed by atoms with E-state index >= 15 is 0 Å². The van der Waals surface area contributed by atoms with Crippen LogP contribution in [0.2, 0.25) is 0 Å². The molecule has 0 aliphatic heterocycles. The number of nitrogens with zero attached hydrogens (tertiary/aromatic N) is 1. The first-order chi connectivity index (χ1) is 9.60. The Hall–Kier alpha value is -1.53. The highest BCUT2D eigenvalue weighted by Crippen LogP contribution is 2.28. The van der Waals surface area contributed by atoms with E-state index in [1.807, 2.05) is 12.3 Å². The number of rotatable bonds is 6. The Bertz CT molecular complexity index is 542. The van der Waals surface area contributed by atoms with Crippen LogP contribution in [0, 0.1) is 0 Å². The van der Waals surface area contributed by atoms with Crippen molar-refractivity contribution in [3.05, 3.63) is 35.3 Å². The van der Waals surface area contributed by atoms with Gasteiger partial charge in [0.2, 0.25) is 0 Å². The van der Waals surface area contributed by atoms with Gasteiger partial charge in [-0.3, -0.25) is 0 Å². The minimum absolute atomic E-state index is 0.154. The highest BCUT2D eigenvalue weighted by molar-refractivity contribution is 7.13. The summed E-state index contributed by atoms with van der Waals surface area (Å²) in [6.07, 6.45) is 0. The zero-order valence-corrected chi connectivity index (χ0v) is 12.1. The molecule has 1 aromatic heterocycles. The zero-order valence-electron chi connectivity index (χ0n) is 11.3. The summed E-state index contributed by atoms with van der Waals surface area (Å²) < 4.78 is 28.5. The molecule has 108 valence electrons. The standard InChI is InChI=1S/C14H16F2N2OS/c1-3-17-9(2)12-8-20-13(18-12)10-4-6-11(7-5-10)19-14(15)16/h4-9,14,17H,3H2,1-2H3. The van der Waals surface area contributed by atoms with Crippen molar-refractivity contribution in [3.63, 3.8) is 0 Å². The summed E-state index contributed by atoms with van der Waals surface area (Å²) in [6, 6.07) is 6.72. The summed E-state index contributed by atoms with van der Waals surface area (Å²) in [5, 5.41) is 6.17. The maximum atomic E-state index is 12.1. The number of halogens is 2. The molecule has 0 spiro atoms. The molecule has 0 saturated carbocycles. The quantitative estimate of drug-likeness (QED) is 0.872. The van der Waals surface area contributed by atoms with Crippen molar-refractivity contribution < 1.29 is 13.5 Å². The van der Waals surface area contributed by atoms with E-state index in [9.17, 15) is 8.78 Å². The number of aromatic nitrogens is 1.